The molecule has 3 aromatic carbocycles. The van der Waals surface area contributed by atoms with Crippen LogP contribution in [0.3, 0.4) is 0 Å². The quantitative estimate of drug-likeness (QED) is 0.386. The molecule has 0 spiro atoms. The Hall–Kier alpha value is -3.31. The lowest BCUT2D eigenvalue weighted by Gasteiger charge is -2.31. The van der Waals surface area contributed by atoms with E-state index in [9.17, 15) is 9.59 Å². The number of hydrogen-bond donors (Lipinski definition) is 1. The molecule has 33 heavy (non-hydrogen) atoms. The molecule has 0 aliphatic heterocycles. The number of nitrogens with zero attached hydrogens (tertiary/aromatic N) is 1. The highest BCUT2D eigenvalue weighted by Gasteiger charge is 2.31. The third kappa shape index (κ3) is 7.36. The standard InChI is InChI=1S/C27H29ClN2O3/c1-2-3-18-29-27(32)26(22-10-6-4-7-11-22)30(19-21-14-16-23(28)17-15-21)25(31)20-33-24-12-8-5-9-13-24/h4-17,26H,2-3,18-20H2,1H3,(H,29,32)/t26-/m1/s1. The van der Waals surface area contributed by atoms with Gasteiger partial charge in [0.05, 0.1) is 0 Å². The molecule has 0 radical (unpaired) electrons. The first kappa shape index (κ1) is 24.3. The summed E-state index contributed by atoms with van der Waals surface area (Å²) in [6, 6.07) is 25.0. The van der Waals surface area contributed by atoms with Crippen molar-refractivity contribution < 1.29 is 14.3 Å². The van der Waals surface area contributed by atoms with Crippen LogP contribution in [0.5, 0.6) is 5.75 Å². The Balaban J connectivity index is 1.90. The van der Waals surface area contributed by atoms with Crippen LogP contribution in [-0.2, 0) is 16.1 Å². The normalized spacial score (nSPS) is 11.5. The topological polar surface area (TPSA) is 58.6 Å². The molecule has 0 aliphatic carbocycles. The molecule has 0 bridgehead atoms. The molecule has 172 valence electrons. The molecule has 6 heteroatoms. The van der Waals surface area contributed by atoms with Crippen molar-refractivity contribution in [2.24, 2.45) is 0 Å². The Morgan fingerprint density at radius 2 is 1.58 bits per heavy atom. The van der Waals surface area contributed by atoms with Crippen LogP contribution in [0.2, 0.25) is 5.02 Å². The molecule has 2 amide bonds. The lowest BCUT2D eigenvalue weighted by atomic mass is 10.0. The summed E-state index contributed by atoms with van der Waals surface area (Å²) < 4.78 is 5.73. The SMILES string of the molecule is CCCCNC(=O)[C@@H](c1ccccc1)N(Cc1ccc(Cl)cc1)C(=O)COc1ccccc1. The third-order valence-electron chi connectivity index (χ3n) is 5.20. The Morgan fingerprint density at radius 3 is 2.21 bits per heavy atom. The van der Waals surface area contributed by atoms with E-state index in [-0.39, 0.29) is 25.0 Å². The number of nitrogens with one attached hydrogen (secondary N) is 1. The number of rotatable bonds is 11. The average molecular weight is 465 g/mol. The van der Waals surface area contributed by atoms with Gasteiger partial charge in [0.25, 0.3) is 5.91 Å². The van der Waals surface area contributed by atoms with Crippen LogP contribution in [0.1, 0.15) is 36.9 Å². The predicted octanol–water partition coefficient (Wildman–Crippen LogP) is 5.41. The molecule has 3 rings (SSSR count). The van der Waals surface area contributed by atoms with E-state index in [0.29, 0.717) is 17.3 Å². The van der Waals surface area contributed by atoms with Crippen molar-refractivity contribution in [3.8, 4) is 5.75 Å². The van der Waals surface area contributed by atoms with Crippen molar-refractivity contribution >= 4 is 23.4 Å². The van der Waals surface area contributed by atoms with Gasteiger partial charge in [0.15, 0.2) is 6.61 Å². The van der Waals surface area contributed by atoms with Gasteiger partial charge in [-0.1, -0.05) is 85.6 Å². The molecular weight excluding hydrogens is 436 g/mol. The van der Waals surface area contributed by atoms with E-state index in [1.807, 2.05) is 60.7 Å². The van der Waals surface area contributed by atoms with Gasteiger partial charge in [-0.05, 0) is 41.8 Å². The van der Waals surface area contributed by atoms with E-state index in [1.165, 1.54) is 0 Å². The molecule has 0 aliphatic rings. The number of carbonyl (C=O) groups excluding carboxylic acids is 2. The van der Waals surface area contributed by atoms with Crippen LogP contribution in [0, 0.1) is 0 Å². The molecule has 3 aromatic rings. The van der Waals surface area contributed by atoms with Gasteiger partial charge in [0.2, 0.25) is 5.91 Å². The Morgan fingerprint density at radius 1 is 0.939 bits per heavy atom. The van der Waals surface area contributed by atoms with Crippen LogP contribution >= 0.6 is 11.6 Å². The summed E-state index contributed by atoms with van der Waals surface area (Å²) in [7, 11) is 0. The van der Waals surface area contributed by atoms with Gasteiger partial charge in [-0.25, -0.2) is 0 Å². The van der Waals surface area contributed by atoms with E-state index in [4.69, 9.17) is 16.3 Å². The Bertz CT molecular complexity index is 1010. The lowest BCUT2D eigenvalue weighted by Crippen LogP contribution is -2.45. The number of amides is 2. The van der Waals surface area contributed by atoms with Crippen LogP contribution in [0.25, 0.3) is 0 Å². The maximum atomic E-state index is 13.4. The lowest BCUT2D eigenvalue weighted by molar-refractivity contribution is -0.143. The van der Waals surface area contributed by atoms with E-state index in [0.717, 1.165) is 24.0 Å². The van der Waals surface area contributed by atoms with Crippen LogP contribution in [0.15, 0.2) is 84.9 Å². The summed E-state index contributed by atoms with van der Waals surface area (Å²) in [4.78, 5) is 28.3. The minimum atomic E-state index is -0.786. The number of benzene rings is 3. The molecule has 0 unspecified atom stereocenters. The van der Waals surface area contributed by atoms with Gasteiger partial charge in [-0.15, -0.1) is 0 Å². The predicted molar refractivity (Wildman–Crippen MR) is 131 cm³/mol. The fourth-order valence-corrected chi connectivity index (χ4v) is 3.57. The number of para-hydroxylation sites is 1. The largest absolute Gasteiger partial charge is 0.484 e. The zero-order valence-corrected chi connectivity index (χ0v) is 19.5. The number of unbranched alkanes of at least 4 members (excludes halogenated alkanes) is 1. The highest BCUT2D eigenvalue weighted by molar-refractivity contribution is 6.30. The third-order valence-corrected chi connectivity index (χ3v) is 5.45. The zero-order valence-electron chi connectivity index (χ0n) is 18.7. The number of carbonyl (C=O) groups is 2. The van der Waals surface area contributed by atoms with Crippen LogP contribution < -0.4 is 10.1 Å². The Labute approximate surface area is 200 Å². The maximum absolute atomic E-state index is 13.4. The van der Waals surface area contributed by atoms with Crippen molar-refractivity contribution in [3.05, 3.63) is 101 Å². The molecular formula is C27H29ClN2O3. The minimum Gasteiger partial charge on any atom is -0.484 e. The van der Waals surface area contributed by atoms with Gasteiger partial charge >= 0.3 is 0 Å². The second-order valence-electron chi connectivity index (χ2n) is 7.71. The monoisotopic (exact) mass is 464 g/mol. The van der Waals surface area contributed by atoms with E-state index >= 15 is 0 Å². The molecule has 5 nitrogen and oxygen atoms in total. The molecule has 1 N–H and O–H groups in total. The van der Waals surface area contributed by atoms with Gasteiger partial charge in [0, 0.05) is 18.1 Å². The van der Waals surface area contributed by atoms with Gasteiger partial charge in [-0.2, -0.15) is 0 Å². The minimum absolute atomic E-state index is 0.177. The summed E-state index contributed by atoms with van der Waals surface area (Å²) >= 11 is 6.04. The van der Waals surface area contributed by atoms with Crippen molar-refractivity contribution in [2.75, 3.05) is 13.2 Å². The first-order valence-electron chi connectivity index (χ1n) is 11.1. The second kappa shape index (κ2) is 12.7. The maximum Gasteiger partial charge on any atom is 0.261 e. The molecule has 0 aromatic heterocycles. The summed E-state index contributed by atoms with van der Waals surface area (Å²) in [5.41, 5.74) is 1.61. The highest BCUT2D eigenvalue weighted by atomic mass is 35.5. The fourth-order valence-electron chi connectivity index (χ4n) is 3.45. The Kier molecular flexibility index (Phi) is 9.33. The molecule has 1 atom stereocenters. The number of ether oxygens (including phenoxy) is 1. The van der Waals surface area contributed by atoms with Gasteiger partial charge in [-0.3, -0.25) is 9.59 Å². The summed E-state index contributed by atoms with van der Waals surface area (Å²) in [5.74, 6) is 0.103. The van der Waals surface area contributed by atoms with E-state index < -0.39 is 6.04 Å². The first-order chi connectivity index (χ1) is 16.1. The smallest absolute Gasteiger partial charge is 0.261 e. The zero-order chi connectivity index (χ0) is 23.5. The molecule has 0 heterocycles. The molecule has 0 saturated carbocycles. The number of halogens is 1. The summed E-state index contributed by atoms with van der Waals surface area (Å²) in [6.45, 7) is 2.69. The average Bonchev–Trinajstić information content (AvgIpc) is 2.85. The number of hydrogen-bond acceptors (Lipinski definition) is 3. The van der Waals surface area contributed by atoms with Crippen molar-refractivity contribution in [3.63, 3.8) is 0 Å². The van der Waals surface area contributed by atoms with Crippen molar-refractivity contribution in [1.82, 2.24) is 10.2 Å². The van der Waals surface area contributed by atoms with Gasteiger partial charge in [0.1, 0.15) is 11.8 Å². The van der Waals surface area contributed by atoms with Crippen LogP contribution in [0.4, 0.5) is 0 Å². The summed E-state index contributed by atoms with van der Waals surface area (Å²) in [6.07, 6.45) is 1.84. The summed E-state index contributed by atoms with van der Waals surface area (Å²) in [5, 5.41) is 3.60. The first-order valence-corrected chi connectivity index (χ1v) is 11.5. The van der Waals surface area contributed by atoms with Gasteiger partial charge < -0.3 is 15.0 Å². The van der Waals surface area contributed by atoms with Crippen molar-refractivity contribution in [1.29, 1.82) is 0 Å². The molecule has 0 saturated heterocycles. The van der Waals surface area contributed by atoms with E-state index in [2.05, 4.69) is 12.2 Å². The fraction of sp³-hybridized carbons (Fsp3) is 0.259. The molecule has 0 fully saturated rings. The van der Waals surface area contributed by atoms with Crippen molar-refractivity contribution in [2.45, 2.75) is 32.4 Å². The van der Waals surface area contributed by atoms with Crippen LogP contribution in [-0.4, -0.2) is 29.9 Å². The van der Waals surface area contributed by atoms with E-state index in [1.54, 1.807) is 29.2 Å². The highest BCUT2D eigenvalue weighted by Crippen LogP contribution is 2.25. The second-order valence-corrected chi connectivity index (χ2v) is 8.14.